The number of benzene rings is 1. The van der Waals surface area contributed by atoms with Crippen molar-refractivity contribution >= 4 is 23.6 Å². The topological polar surface area (TPSA) is 43.1 Å². The van der Waals surface area contributed by atoms with Gasteiger partial charge in [-0.2, -0.15) is 0 Å². The van der Waals surface area contributed by atoms with E-state index in [1.807, 2.05) is 32.1 Å². The van der Waals surface area contributed by atoms with Crippen LogP contribution in [0.3, 0.4) is 0 Å². The van der Waals surface area contributed by atoms with Gasteiger partial charge in [0.15, 0.2) is 0 Å². The Morgan fingerprint density at radius 2 is 1.93 bits per heavy atom. The molecule has 3 heteroatoms. The molecule has 0 fully saturated rings. The standard InChI is InChI=1S/C12H14ClNO/c1-8(9(2)13)7-10-3-5-11(6-4-10)12(14)15/h3-7,9H,1-2H3,(H2,14,15)/b8-7+. The smallest absolute Gasteiger partial charge is 0.248 e. The number of primary amides is 1. The van der Waals surface area contributed by atoms with E-state index in [0.29, 0.717) is 5.56 Å². The fourth-order valence-electron chi connectivity index (χ4n) is 1.12. The van der Waals surface area contributed by atoms with Gasteiger partial charge in [-0.15, -0.1) is 11.6 Å². The number of allylic oxidation sites excluding steroid dienone is 1. The maximum absolute atomic E-state index is 10.8. The summed E-state index contributed by atoms with van der Waals surface area (Å²) >= 11 is 5.92. The Hall–Kier alpha value is -1.28. The molecule has 15 heavy (non-hydrogen) atoms. The van der Waals surface area contributed by atoms with Crippen molar-refractivity contribution in [2.24, 2.45) is 5.73 Å². The van der Waals surface area contributed by atoms with Gasteiger partial charge in [0.25, 0.3) is 0 Å². The van der Waals surface area contributed by atoms with E-state index in [0.717, 1.165) is 11.1 Å². The first-order chi connectivity index (χ1) is 7.00. The molecule has 0 heterocycles. The lowest BCUT2D eigenvalue weighted by Crippen LogP contribution is -2.10. The second-order valence-corrected chi connectivity index (χ2v) is 4.15. The molecule has 0 radical (unpaired) electrons. The van der Waals surface area contributed by atoms with E-state index in [2.05, 4.69) is 0 Å². The molecule has 0 spiro atoms. The van der Waals surface area contributed by atoms with Crippen LogP contribution in [0.15, 0.2) is 29.8 Å². The first-order valence-electron chi connectivity index (χ1n) is 4.73. The molecule has 1 aromatic carbocycles. The third-order valence-corrected chi connectivity index (χ3v) is 2.56. The number of hydrogen-bond donors (Lipinski definition) is 1. The number of hydrogen-bond acceptors (Lipinski definition) is 1. The zero-order valence-corrected chi connectivity index (χ0v) is 9.58. The van der Waals surface area contributed by atoms with E-state index >= 15 is 0 Å². The first-order valence-corrected chi connectivity index (χ1v) is 5.16. The lowest BCUT2D eigenvalue weighted by atomic mass is 10.1. The molecule has 1 aromatic rings. The Bertz CT molecular complexity index is 379. The van der Waals surface area contributed by atoms with Crippen molar-refractivity contribution in [3.8, 4) is 0 Å². The van der Waals surface area contributed by atoms with E-state index in [-0.39, 0.29) is 5.38 Å². The molecule has 0 bridgehead atoms. The van der Waals surface area contributed by atoms with Gasteiger partial charge in [-0.3, -0.25) is 4.79 Å². The SMILES string of the molecule is C/C(=C\c1ccc(C(N)=O)cc1)C(C)Cl. The van der Waals surface area contributed by atoms with Crippen LogP contribution in [0, 0.1) is 0 Å². The summed E-state index contributed by atoms with van der Waals surface area (Å²) in [5.74, 6) is -0.409. The number of amides is 1. The van der Waals surface area contributed by atoms with E-state index in [1.54, 1.807) is 12.1 Å². The normalized spacial score (nSPS) is 13.7. The lowest BCUT2D eigenvalue weighted by Gasteiger charge is -2.03. The predicted molar refractivity (Wildman–Crippen MR) is 63.9 cm³/mol. The van der Waals surface area contributed by atoms with Crippen molar-refractivity contribution in [2.45, 2.75) is 19.2 Å². The summed E-state index contributed by atoms with van der Waals surface area (Å²) in [6.45, 7) is 3.89. The predicted octanol–water partition coefficient (Wildman–Crippen LogP) is 2.82. The quantitative estimate of drug-likeness (QED) is 0.787. The average molecular weight is 224 g/mol. The molecule has 0 saturated carbocycles. The van der Waals surface area contributed by atoms with Crippen molar-refractivity contribution in [3.05, 3.63) is 41.0 Å². The lowest BCUT2D eigenvalue weighted by molar-refractivity contribution is 0.100. The molecule has 1 rings (SSSR count). The summed E-state index contributed by atoms with van der Waals surface area (Å²) in [5.41, 5.74) is 7.76. The number of carbonyl (C=O) groups is 1. The van der Waals surface area contributed by atoms with E-state index < -0.39 is 5.91 Å². The second kappa shape index (κ2) is 4.99. The van der Waals surface area contributed by atoms with Crippen molar-refractivity contribution in [1.82, 2.24) is 0 Å². The average Bonchev–Trinajstić information content (AvgIpc) is 2.18. The van der Waals surface area contributed by atoms with Gasteiger partial charge in [0.2, 0.25) is 5.91 Å². The van der Waals surface area contributed by atoms with Gasteiger partial charge < -0.3 is 5.73 Å². The van der Waals surface area contributed by atoms with Gasteiger partial charge in [0, 0.05) is 5.56 Å². The van der Waals surface area contributed by atoms with E-state index in [9.17, 15) is 4.79 Å². The molecule has 1 atom stereocenters. The third kappa shape index (κ3) is 3.40. The molecule has 0 aliphatic rings. The fraction of sp³-hybridized carbons (Fsp3) is 0.250. The summed E-state index contributed by atoms with van der Waals surface area (Å²) in [4.78, 5) is 10.8. The van der Waals surface area contributed by atoms with Crippen LogP contribution < -0.4 is 5.73 Å². The summed E-state index contributed by atoms with van der Waals surface area (Å²) < 4.78 is 0. The molecule has 2 N–H and O–H groups in total. The minimum Gasteiger partial charge on any atom is -0.366 e. The van der Waals surface area contributed by atoms with Crippen molar-refractivity contribution in [2.75, 3.05) is 0 Å². The van der Waals surface area contributed by atoms with Gasteiger partial charge in [-0.25, -0.2) is 0 Å². The summed E-state index contributed by atoms with van der Waals surface area (Å²) in [5, 5.41) is 0.0146. The Balaban J connectivity index is 2.90. The zero-order valence-electron chi connectivity index (χ0n) is 8.83. The number of carbonyl (C=O) groups excluding carboxylic acids is 1. The highest BCUT2D eigenvalue weighted by molar-refractivity contribution is 6.22. The van der Waals surface area contributed by atoms with Crippen LogP contribution in [0.2, 0.25) is 0 Å². The summed E-state index contributed by atoms with van der Waals surface area (Å²) in [6.07, 6.45) is 1.99. The monoisotopic (exact) mass is 223 g/mol. The largest absolute Gasteiger partial charge is 0.366 e. The van der Waals surface area contributed by atoms with Gasteiger partial charge in [-0.05, 0) is 31.5 Å². The summed E-state index contributed by atoms with van der Waals surface area (Å²) in [6, 6.07) is 7.12. The minimum atomic E-state index is -0.409. The van der Waals surface area contributed by atoms with Crippen LogP contribution in [-0.2, 0) is 0 Å². The molecule has 80 valence electrons. The van der Waals surface area contributed by atoms with Crippen LogP contribution in [0.1, 0.15) is 29.8 Å². The maximum Gasteiger partial charge on any atom is 0.248 e. The number of nitrogens with two attached hydrogens (primary N) is 1. The van der Waals surface area contributed by atoms with Crippen LogP contribution in [0.25, 0.3) is 6.08 Å². The van der Waals surface area contributed by atoms with Gasteiger partial charge in [0.05, 0.1) is 5.38 Å². The Morgan fingerprint density at radius 3 is 2.33 bits per heavy atom. The molecular formula is C12H14ClNO. The minimum absolute atomic E-state index is 0.0146. The number of alkyl halides is 1. The molecule has 0 aliphatic carbocycles. The van der Waals surface area contributed by atoms with Crippen LogP contribution in [0.4, 0.5) is 0 Å². The molecule has 2 nitrogen and oxygen atoms in total. The van der Waals surface area contributed by atoms with Crippen LogP contribution >= 0.6 is 11.6 Å². The zero-order chi connectivity index (χ0) is 11.4. The second-order valence-electron chi connectivity index (χ2n) is 3.49. The fourth-order valence-corrected chi connectivity index (χ4v) is 1.18. The Kier molecular flexibility index (Phi) is 3.92. The molecule has 0 aromatic heterocycles. The van der Waals surface area contributed by atoms with Crippen molar-refractivity contribution in [1.29, 1.82) is 0 Å². The molecule has 0 saturated heterocycles. The van der Waals surface area contributed by atoms with Crippen molar-refractivity contribution in [3.63, 3.8) is 0 Å². The van der Waals surface area contributed by atoms with Crippen LogP contribution in [-0.4, -0.2) is 11.3 Å². The highest BCUT2D eigenvalue weighted by atomic mass is 35.5. The van der Waals surface area contributed by atoms with Gasteiger partial charge in [0.1, 0.15) is 0 Å². The van der Waals surface area contributed by atoms with E-state index in [4.69, 9.17) is 17.3 Å². The maximum atomic E-state index is 10.8. The third-order valence-electron chi connectivity index (χ3n) is 2.22. The highest BCUT2D eigenvalue weighted by Gasteiger charge is 2.00. The summed E-state index contributed by atoms with van der Waals surface area (Å²) in [7, 11) is 0. The van der Waals surface area contributed by atoms with Gasteiger partial charge >= 0.3 is 0 Å². The first kappa shape index (κ1) is 11.8. The molecular weight excluding hydrogens is 210 g/mol. The number of rotatable bonds is 3. The Labute approximate surface area is 94.7 Å². The molecule has 1 amide bonds. The molecule has 1 unspecified atom stereocenters. The number of halogens is 1. The van der Waals surface area contributed by atoms with Gasteiger partial charge in [-0.1, -0.05) is 23.8 Å². The highest BCUT2D eigenvalue weighted by Crippen LogP contribution is 2.14. The molecule has 0 aliphatic heterocycles. The van der Waals surface area contributed by atoms with Crippen molar-refractivity contribution < 1.29 is 4.79 Å². The van der Waals surface area contributed by atoms with Crippen LogP contribution in [0.5, 0.6) is 0 Å². The van der Waals surface area contributed by atoms with E-state index in [1.165, 1.54) is 0 Å². The Morgan fingerprint density at radius 1 is 1.40 bits per heavy atom.